The highest BCUT2D eigenvalue weighted by molar-refractivity contribution is 9.09. The van der Waals surface area contributed by atoms with E-state index in [0.29, 0.717) is 36.8 Å². The largest absolute Gasteiger partial charge is 0.369 e. The molecule has 0 heterocycles. The monoisotopic (exact) mass is 650 g/mol. The van der Waals surface area contributed by atoms with Crippen LogP contribution in [0.5, 0.6) is 0 Å². The average Bonchev–Trinajstić information content (AvgIpc) is 2.88. The predicted octanol–water partition coefficient (Wildman–Crippen LogP) is 10.5. The molecule has 0 saturated carbocycles. The molecule has 2 unspecified atom stereocenters. The third kappa shape index (κ3) is 11.8. The summed E-state index contributed by atoms with van der Waals surface area (Å²) in [4.78, 5) is 0. The van der Waals surface area contributed by atoms with E-state index in [4.69, 9.17) is 4.74 Å². The van der Waals surface area contributed by atoms with Gasteiger partial charge in [-0.15, -0.1) is 0 Å². The van der Waals surface area contributed by atoms with Gasteiger partial charge in [-0.3, -0.25) is 0 Å². The van der Waals surface area contributed by atoms with Gasteiger partial charge in [0.1, 0.15) is 13.2 Å². The van der Waals surface area contributed by atoms with Crippen LogP contribution in [-0.2, 0) is 4.74 Å². The minimum Gasteiger partial charge on any atom is -0.369 e. The number of halogens is 6. The molecule has 1 nitrogen and oxygen atoms in total. The predicted molar refractivity (Wildman–Crippen MR) is 153 cm³/mol. The molecule has 2 aromatic carbocycles. The van der Waals surface area contributed by atoms with Gasteiger partial charge in [0.25, 0.3) is 11.8 Å². The van der Waals surface area contributed by atoms with Crippen molar-refractivity contribution in [1.82, 2.24) is 0 Å². The molecule has 0 amide bonds. The highest BCUT2D eigenvalue weighted by atomic mass is 79.9. The third-order valence-corrected chi connectivity index (χ3v) is 7.89. The van der Waals surface area contributed by atoms with Gasteiger partial charge < -0.3 is 4.74 Å². The van der Waals surface area contributed by atoms with Crippen LogP contribution < -0.4 is 0 Å². The zero-order valence-electron chi connectivity index (χ0n) is 21.5. The van der Waals surface area contributed by atoms with E-state index in [0.717, 1.165) is 49.2 Å². The van der Waals surface area contributed by atoms with Crippen molar-refractivity contribution in [2.45, 2.75) is 87.9 Å². The Balaban J connectivity index is 2.03. The lowest BCUT2D eigenvalue weighted by Crippen LogP contribution is -2.37. The van der Waals surface area contributed by atoms with Gasteiger partial charge in [-0.2, -0.15) is 0 Å². The van der Waals surface area contributed by atoms with E-state index in [-0.39, 0.29) is 0 Å². The van der Waals surface area contributed by atoms with Crippen molar-refractivity contribution in [2.75, 3.05) is 23.9 Å². The molecule has 0 saturated heterocycles. The van der Waals surface area contributed by atoms with E-state index in [9.17, 15) is 0 Å². The molecule has 0 aliphatic carbocycles. The molecule has 0 radical (unpaired) electrons. The molecule has 2 aromatic rings. The fourth-order valence-corrected chi connectivity index (χ4v) is 5.52. The lowest BCUT2D eigenvalue weighted by Gasteiger charge is -2.30. The van der Waals surface area contributed by atoms with E-state index < -0.39 is 36.9 Å². The lowest BCUT2D eigenvalue weighted by molar-refractivity contribution is -0.147. The van der Waals surface area contributed by atoms with Crippen LogP contribution in [0.4, 0.5) is 17.6 Å². The van der Waals surface area contributed by atoms with Crippen molar-refractivity contribution in [2.24, 2.45) is 0 Å². The molecule has 0 bridgehead atoms. The van der Waals surface area contributed by atoms with Crippen LogP contribution in [0.3, 0.4) is 0 Å². The first-order chi connectivity index (χ1) is 17.8. The minimum absolute atomic E-state index is 0.292. The number of unbranched alkanes of at least 4 members (excludes halogenated alkanes) is 6. The van der Waals surface area contributed by atoms with E-state index in [1.807, 2.05) is 0 Å². The molecular formula is C30H40Br2F4O. The highest BCUT2D eigenvalue weighted by Crippen LogP contribution is 2.41. The number of rotatable bonds is 20. The van der Waals surface area contributed by atoms with Gasteiger partial charge in [0, 0.05) is 10.7 Å². The maximum atomic E-state index is 15.4. The molecule has 7 heteroatoms. The maximum absolute atomic E-state index is 15.4. The van der Waals surface area contributed by atoms with Gasteiger partial charge in [0.05, 0.1) is 11.8 Å². The van der Waals surface area contributed by atoms with Crippen LogP contribution in [0.2, 0.25) is 0 Å². The number of alkyl halides is 6. The number of benzene rings is 2. The Morgan fingerprint density at radius 3 is 1.24 bits per heavy atom. The minimum atomic E-state index is -3.25. The quantitative estimate of drug-likeness (QED) is 0.0786. The van der Waals surface area contributed by atoms with Gasteiger partial charge in [0.2, 0.25) is 0 Å². The van der Waals surface area contributed by atoms with E-state index >= 15 is 17.6 Å². The summed E-state index contributed by atoms with van der Waals surface area (Å²) in [6.45, 7) is -2.04. The van der Waals surface area contributed by atoms with Gasteiger partial charge in [0.15, 0.2) is 0 Å². The standard InChI is InChI=1S/C30H40Br2F4O/c31-21-13-3-1-11-19-27(25-15-7-5-8-16-25)29(33,34)23-37-24-30(35,36)28(20-12-2-4-14-22-32)26-17-9-6-10-18-26/h5-10,15-18,27-28H,1-4,11-14,19-24H2. The fraction of sp³-hybridized carbons (Fsp3) is 0.600. The summed E-state index contributed by atoms with van der Waals surface area (Å²) in [5.41, 5.74) is 1.04. The number of hydrogen-bond acceptors (Lipinski definition) is 1. The van der Waals surface area contributed by atoms with Crippen LogP contribution in [0.1, 0.15) is 87.2 Å². The highest BCUT2D eigenvalue weighted by Gasteiger charge is 2.44. The average molecular weight is 652 g/mol. The Hall–Kier alpha value is -0.920. The van der Waals surface area contributed by atoms with E-state index in [1.165, 1.54) is 0 Å². The van der Waals surface area contributed by atoms with E-state index in [2.05, 4.69) is 31.9 Å². The summed E-state index contributed by atoms with van der Waals surface area (Å²) in [5.74, 6) is -8.62. The second kappa shape index (κ2) is 17.6. The molecule has 208 valence electrons. The topological polar surface area (TPSA) is 9.23 Å². The molecule has 37 heavy (non-hydrogen) atoms. The molecule has 0 aliphatic rings. The summed E-state index contributed by atoms with van der Waals surface area (Å²) in [7, 11) is 0. The summed E-state index contributed by atoms with van der Waals surface area (Å²) in [5, 5.41) is 1.79. The Morgan fingerprint density at radius 2 is 0.892 bits per heavy atom. The van der Waals surface area contributed by atoms with Gasteiger partial charge >= 0.3 is 0 Å². The molecule has 2 atom stereocenters. The number of ether oxygens (including phenoxy) is 1. The van der Waals surface area contributed by atoms with E-state index in [1.54, 1.807) is 60.7 Å². The van der Waals surface area contributed by atoms with Crippen LogP contribution in [0.25, 0.3) is 0 Å². The van der Waals surface area contributed by atoms with Crippen molar-refractivity contribution in [3.05, 3.63) is 71.8 Å². The smallest absolute Gasteiger partial charge is 0.277 e. The summed E-state index contributed by atoms with van der Waals surface area (Å²) < 4.78 is 66.7. The molecule has 0 N–H and O–H groups in total. The van der Waals surface area contributed by atoms with Gasteiger partial charge in [-0.25, -0.2) is 17.6 Å². The van der Waals surface area contributed by atoms with Crippen LogP contribution in [0.15, 0.2) is 60.7 Å². The van der Waals surface area contributed by atoms with Crippen molar-refractivity contribution in [3.8, 4) is 0 Å². The zero-order chi connectivity index (χ0) is 27.0. The molecule has 0 spiro atoms. The lowest BCUT2D eigenvalue weighted by atomic mass is 9.87. The fourth-order valence-electron chi connectivity index (χ4n) is 4.73. The van der Waals surface area contributed by atoms with Crippen molar-refractivity contribution >= 4 is 31.9 Å². The molecule has 0 aromatic heterocycles. The molecular weight excluding hydrogens is 612 g/mol. The van der Waals surface area contributed by atoms with Gasteiger partial charge in [-0.1, -0.05) is 131 Å². The SMILES string of the molecule is FC(F)(COCC(F)(F)C(CCCCCCBr)c1ccccc1)C(CCCCCCBr)c1ccccc1. The maximum Gasteiger partial charge on any atom is 0.277 e. The van der Waals surface area contributed by atoms with Crippen molar-refractivity contribution in [1.29, 1.82) is 0 Å². The third-order valence-electron chi connectivity index (χ3n) is 6.77. The second-order valence-corrected chi connectivity index (χ2v) is 11.3. The first-order valence-corrected chi connectivity index (χ1v) is 15.6. The summed E-state index contributed by atoms with van der Waals surface area (Å²) in [6, 6.07) is 17.3. The molecule has 0 aliphatic heterocycles. The first-order valence-electron chi connectivity index (χ1n) is 13.4. The zero-order valence-corrected chi connectivity index (χ0v) is 24.7. The first kappa shape index (κ1) is 32.3. The summed E-state index contributed by atoms with van der Waals surface area (Å²) >= 11 is 6.78. The molecule has 0 fully saturated rings. The number of hydrogen-bond donors (Lipinski definition) is 0. The van der Waals surface area contributed by atoms with Crippen LogP contribution >= 0.6 is 31.9 Å². The summed E-state index contributed by atoms with van der Waals surface area (Å²) in [6.07, 6.45) is 7.56. The van der Waals surface area contributed by atoms with Gasteiger partial charge in [-0.05, 0) is 36.8 Å². The van der Waals surface area contributed by atoms with Crippen molar-refractivity contribution < 1.29 is 22.3 Å². The normalized spacial score (nSPS) is 14.0. The Bertz CT molecular complexity index is 766. The Morgan fingerprint density at radius 1 is 0.541 bits per heavy atom. The van der Waals surface area contributed by atoms with Crippen LogP contribution in [0, 0.1) is 0 Å². The Labute approximate surface area is 237 Å². The molecule has 2 rings (SSSR count). The second-order valence-electron chi connectivity index (χ2n) is 9.73. The van der Waals surface area contributed by atoms with Crippen molar-refractivity contribution in [3.63, 3.8) is 0 Å². The van der Waals surface area contributed by atoms with Crippen LogP contribution in [-0.4, -0.2) is 35.7 Å². The Kier molecular flexibility index (Phi) is 15.4.